The number of carboxylic acids is 1. The van der Waals surface area contributed by atoms with Gasteiger partial charge in [-0.15, -0.1) is 0 Å². The molecule has 0 spiro atoms. The van der Waals surface area contributed by atoms with Gasteiger partial charge in [0.05, 0.1) is 40.3 Å². The lowest BCUT2D eigenvalue weighted by Crippen LogP contribution is -2.44. The number of esters is 2. The molecule has 0 aliphatic heterocycles. The zero-order valence-electron chi connectivity index (χ0n) is 47.9. The number of unbranched alkanes of at least 4 members (excludes halogenated alkanes) is 12. The van der Waals surface area contributed by atoms with Crippen molar-refractivity contribution in [3.05, 3.63) is 146 Å². The minimum absolute atomic E-state index is 0.133. The maximum absolute atomic E-state index is 12.9. The van der Waals surface area contributed by atoms with Crippen LogP contribution in [0.15, 0.2) is 146 Å². The molecule has 0 N–H and O–H groups in total. The van der Waals surface area contributed by atoms with Gasteiger partial charge in [0.2, 0.25) is 0 Å². The van der Waals surface area contributed by atoms with Crippen LogP contribution in [0.25, 0.3) is 0 Å². The third kappa shape index (κ3) is 56.7. The summed E-state index contributed by atoms with van der Waals surface area (Å²) < 4.78 is 22.6. The predicted octanol–water partition coefficient (Wildman–Crippen LogP) is 15.9. The number of aliphatic carboxylic acids is 1. The van der Waals surface area contributed by atoms with E-state index >= 15 is 0 Å². The van der Waals surface area contributed by atoms with Crippen molar-refractivity contribution in [3.8, 4) is 0 Å². The molecule has 0 heterocycles. The predicted molar refractivity (Wildman–Crippen MR) is 315 cm³/mol. The van der Waals surface area contributed by atoms with Gasteiger partial charge in [-0.25, -0.2) is 0 Å². The molecule has 9 heteroatoms. The van der Waals surface area contributed by atoms with Crippen molar-refractivity contribution in [1.82, 2.24) is 0 Å². The van der Waals surface area contributed by atoms with E-state index in [2.05, 4.69) is 160 Å². The van der Waals surface area contributed by atoms with Gasteiger partial charge in [-0.1, -0.05) is 211 Å². The summed E-state index contributed by atoms with van der Waals surface area (Å²) in [6.07, 6.45) is 77.5. The summed E-state index contributed by atoms with van der Waals surface area (Å²) in [5.74, 6) is -2.35. The number of carboxylic acid groups (broad SMARTS) is 1. The van der Waals surface area contributed by atoms with E-state index in [1.165, 1.54) is 25.7 Å². The Bertz CT molecular complexity index is 1730. The Balaban J connectivity index is 4.30. The van der Waals surface area contributed by atoms with Crippen molar-refractivity contribution in [1.29, 1.82) is 0 Å². The third-order valence-corrected chi connectivity index (χ3v) is 11.6. The molecule has 0 bridgehead atoms. The monoisotopic (exact) mass is 1040 g/mol. The van der Waals surface area contributed by atoms with E-state index in [0.29, 0.717) is 23.9 Å². The molecule has 0 amide bonds. The molecule has 0 aromatic heterocycles. The average molecular weight is 1040 g/mol. The molecule has 0 rings (SSSR count). The molecule has 9 nitrogen and oxygen atoms in total. The number of carbonyl (C=O) groups excluding carboxylic acids is 3. The first-order valence-electron chi connectivity index (χ1n) is 29.0. The smallest absolute Gasteiger partial charge is 0.306 e. The number of hydrogen-bond acceptors (Lipinski definition) is 8. The lowest BCUT2D eigenvalue weighted by Gasteiger charge is -2.26. The van der Waals surface area contributed by atoms with Crippen LogP contribution in [0.5, 0.6) is 0 Å². The van der Waals surface area contributed by atoms with Crippen LogP contribution < -0.4 is 5.11 Å². The summed E-state index contributed by atoms with van der Waals surface area (Å²) in [5, 5.41) is 11.8. The second kappa shape index (κ2) is 55.4. The van der Waals surface area contributed by atoms with Gasteiger partial charge in [-0.2, -0.15) is 0 Å². The van der Waals surface area contributed by atoms with E-state index in [-0.39, 0.29) is 32.7 Å². The van der Waals surface area contributed by atoms with Crippen LogP contribution in [0.2, 0.25) is 0 Å². The van der Waals surface area contributed by atoms with E-state index in [1.807, 2.05) is 21.1 Å². The van der Waals surface area contributed by atoms with Crippen molar-refractivity contribution < 1.29 is 42.9 Å². The molecular formula is C66H105NO8. The summed E-state index contributed by atoms with van der Waals surface area (Å²) in [4.78, 5) is 37.3. The number of nitrogens with zero attached hydrogens (tertiary/aromatic N) is 1. The molecule has 422 valence electrons. The van der Waals surface area contributed by atoms with Crippen LogP contribution in [0.4, 0.5) is 0 Å². The molecule has 0 aliphatic rings. The number of quaternary nitrogens is 1. The molecule has 0 fully saturated rings. The second-order valence-electron chi connectivity index (χ2n) is 19.8. The Morgan fingerprint density at radius 2 is 0.720 bits per heavy atom. The summed E-state index contributed by atoms with van der Waals surface area (Å²) in [7, 11) is 5.89. The maximum atomic E-state index is 12.9. The topological polar surface area (TPSA) is 111 Å². The van der Waals surface area contributed by atoms with E-state index in [4.69, 9.17) is 18.9 Å². The lowest BCUT2D eigenvalue weighted by atomic mass is 10.1. The number of hydrogen-bond donors (Lipinski definition) is 0. The Morgan fingerprint density at radius 1 is 0.400 bits per heavy atom. The highest BCUT2D eigenvalue weighted by Crippen LogP contribution is 2.13. The van der Waals surface area contributed by atoms with Crippen LogP contribution >= 0.6 is 0 Å². The van der Waals surface area contributed by atoms with Crippen molar-refractivity contribution in [2.45, 2.75) is 206 Å². The Labute approximate surface area is 458 Å². The standard InChI is InChI=1S/C66H105NO8/c1-6-8-10-12-14-16-18-20-22-24-25-26-27-28-29-30-31-32-33-34-35-36-37-38-39-41-43-45-47-49-51-53-55-57-64(69)75-62(61-74-66(65(70)71)72-59-58-67(3,4)5)60-73-63(68)56-54-52-50-48-46-44-42-40-23-21-19-17-15-13-11-9-7-2/h8-11,14-17,20-23,25-26,28-29,31-32,34-35,37-38,42,44,62,66H,6-7,12-13,18-19,24,27,30,33,36,39-41,43,45-61H2,1-5H3/b10-8-,11-9-,16-14-,17-15-,22-20-,23-21-,26-25-,29-28-,32-31-,35-34-,38-37-,44-42-. The van der Waals surface area contributed by atoms with Gasteiger partial charge in [-0.05, 0) is 116 Å². The number of ether oxygens (including phenoxy) is 4. The van der Waals surface area contributed by atoms with Crippen molar-refractivity contribution >= 4 is 17.9 Å². The number of likely N-dealkylation sites (N-methyl/N-ethyl adjacent to an activating group) is 1. The molecule has 75 heavy (non-hydrogen) atoms. The van der Waals surface area contributed by atoms with Gasteiger partial charge < -0.3 is 33.3 Å². The van der Waals surface area contributed by atoms with Crippen LogP contribution in [-0.2, 0) is 33.3 Å². The molecule has 0 aromatic carbocycles. The Hall–Kier alpha value is -4.83. The van der Waals surface area contributed by atoms with Gasteiger partial charge in [0, 0.05) is 12.8 Å². The van der Waals surface area contributed by atoms with Gasteiger partial charge in [0.1, 0.15) is 13.2 Å². The van der Waals surface area contributed by atoms with Gasteiger partial charge in [0.25, 0.3) is 0 Å². The fourth-order valence-electron chi connectivity index (χ4n) is 7.19. The van der Waals surface area contributed by atoms with Gasteiger partial charge >= 0.3 is 11.9 Å². The largest absolute Gasteiger partial charge is 0.545 e. The first-order chi connectivity index (χ1) is 36.6. The van der Waals surface area contributed by atoms with E-state index in [0.717, 1.165) is 128 Å². The van der Waals surface area contributed by atoms with Crippen molar-refractivity contribution in [3.63, 3.8) is 0 Å². The number of allylic oxidation sites excluding steroid dienone is 24. The molecular weight excluding hydrogens is 935 g/mol. The molecule has 0 aromatic rings. The first kappa shape index (κ1) is 70.2. The van der Waals surface area contributed by atoms with Crippen LogP contribution in [-0.4, -0.2) is 82.3 Å². The number of rotatable bonds is 51. The molecule has 0 saturated heterocycles. The molecule has 2 atom stereocenters. The fourth-order valence-corrected chi connectivity index (χ4v) is 7.19. The molecule has 0 aliphatic carbocycles. The van der Waals surface area contributed by atoms with Crippen molar-refractivity contribution in [2.24, 2.45) is 0 Å². The highest BCUT2D eigenvalue weighted by Gasteiger charge is 2.22. The molecule has 2 unspecified atom stereocenters. The van der Waals surface area contributed by atoms with Crippen molar-refractivity contribution in [2.75, 3.05) is 47.5 Å². The van der Waals surface area contributed by atoms with Crippen LogP contribution in [0.3, 0.4) is 0 Å². The lowest BCUT2D eigenvalue weighted by molar-refractivity contribution is -0.870. The first-order valence-corrected chi connectivity index (χ1v) is 29.0. The SMILES string of the molecule is CC/C=C\C/C=C\C/C=C\C/C=C\C/C=C\C/C=C\C/C=C\C/C=C\CCCCCCCCCCC(=O)OC(COC(=O)CCCCCC/C=C\C/C=C\C/C=C\C/C=C\CC)COC(OCC[N+](C)(C)C)C(=O)[O-]. The highest BCUT2D eigenvalue weighted by atomic mass is 16.7. The van der Waals surface area contributed by atoms with E-state index < -0.39 is 30.3 Å². The maximum Gasteiger partial charge on any atom is 0.306 e. The highest BCUT2D eigenvalue weighted by molar-refractivity contribution is 5.70. The average Bonchev–Trinajstić information content (AvgIpc) is 3.38. The summed E-state index contributed by atoms with van der Waals surface area (Å²) in [6.45, 7) is 4.45. The summed E-state index contributed by atoms with van der Waals surface area (Å²) in [5.41, 5.74) is 0. The van der Waals surface area contributed by atoms with Crippen LogP contribution in [0.1, 0.15) is 194 Å². The zero-order chi connectivity index (χ0) is 54.8. The minimum atomic E-state index is -1.64. The zero-order valence-corrected chi connectivity index (χ0v) is 47.9. The summed E-state index contributed by atoms with van der Waals surface area (Å²) in [6, 6.07) is 0. The van der Waals surface area contributed by atoms with Gasteiger partial charge in [-0.3, -0.25) is 9.59 Å². The second-order valence-corrected chi connectivity index (χ2v) is 19.8. The normalized spacial score (nSPS) is 13.9. The Morgan fingerprint density at radius 3 is 1.07 bits per heavy atom. The van der Waals surface area contributed by atoms with Crippen LogP contribution in [0, 0.1) is 0 Å². The van der Waals surface area contributed by atoms with E-state index in [1.54, 1.807) is 0 Å². The third-order valence-electron chi connectivity index (χ3n) is 11.6. The fraction of sp³-hybridized carbons (Fsp3) is 0.591. The molecule has 0 radical (unpaired) electrons. The number of carbonyl (C=O) groups is 3. The molecule has 0 saturated carbocycles. The van der Waals surface area contributed by atoms with Gasteiger partial charge in [0.15, 0.2) is 12.4 Å². The summed E-state index contributed by atoms with van der Waals surface area (Å²) >= 11 is 0. The minimum Gasteiger partial charge on any atom is -0.545 e. The Kier molecular flexibility index (Phi) is 51.8. The quantitative estimate of drug-likeness (QED) is 0.0195. The van der Waals surface area contributed by atoms with E-state index in [9.17, 15) is 19.5 Å².